The fraction of sp³-hybridized carbons (Fsp3) is 0.692. The molecule has 2 saturated heterocycles. The van der Waals surface area contributed by atoms with E-state index < -0.39 is 11.9 Å². The Morgan fingerprint density at radius 2 is 1.80 bits per heavy atom. The molecule has 0 spiro atoms. The number of carboxylic acid groups (broad SMARTS) is 1. The summed E-state index contributed by atoms with van der Waals surface area (Å²) in [4.78, 5) is 48.1. The van der Waals surface area contributed by atoms with Crippen LogP contribution in [0.15, 0.2) is 0 Å². The molecule has 20 heavy (non-hydrogen) atoms. The highest BCUT2D eigenvalue weighted by Gasteiger charge is 2.37. The van der Waals surface area contributed by atoms with Crippen molar-refractivity contribution >= 4 is 23.7 Å². The summed E-state index contributed by atoms with van der Waals surface area (Å²) < 4.78 is 0. The first-order valence-electron chi connectivity index (χ1n) is 6.74. The van der Waals surface area contributed by atoms with Gasteiger partial charge >= 0.3 is 5.97 Å². The number of nitrogens with zero attached hydrogens (tertiary/aromatic N) is 2. The van der Waals surface area contributed by atoms with Gasteiger partial charge in [0.1, 0.15) is 0 Å². The van der Waals surface area contributed by atoms with Crippen molar-refractivity contribution in [1.82, 2.24) is 9.80 Å². The lowest BCUT2D eigenvalue weighted by Gasteiger charge is -2.41. The van der Waals surface area contributed by atoms with Crippen molar-refractivity contribution in [2.75, 3.05) is 19.6 Å². The molecule has 0 aromatic rings. The normalized spacial score (nSPS) is 21.1. The molecule has 0 aliphatic carbocycles. The zero-order valence-corrected chi connectivity index (χ0v) is 11.4. The molecule has 1 N–H and O–H groups in total. The standard InChI is InChI=1S/C13H18N2O5/c1-8(13(19)20)9-6-14(7-9)10(16)4-5-15-11(17)2-3-12(15)18/h8-9H,2-7H2,1H3,(H,19,20). The Hall–Kier alpha value is -1.92. The first-order chi connectivity index (χ1) is 9.40. The maximum atomic E-state index is 11.9. The highest BCUT2D eigenvalue weighted by atomic mass is 16.4. The molecule has 2 heterocycles. The average molecular weight is 282 g/mol. The van der Waals surface area contributed by atoms with Gasteiger partial charge in [0.15, 0.2) is 0 Å². The third kappa shape index (κ3) is 2.81. The molecule has 1 unspecified atom stereocenters. The minimum absolute atomic E-state index is 0.00787. The molecule has 2 rings (SSSR count). The number of aliphatic carboxylic acids is 1. The van der Waals surface area contributed by atoms with Gasteiger partial charge in [-0.25, -0.2) is 0 Å². The Morgan fingerprint density at radius 1 is 1.25 bits per heavy atom. The molecule has 2 aliphatic rings. The number of hydrogen-bond acceptors (Lipinski definition) is 4. The number of rotatable bonds is 5. The summed E-state index contributed by atoms with van der Waals surface area (Å²) in [5.41, 5.74) is 0. The summed E-state index contributed by atoms with van der Waals surface area (Å²) in [5.74, 6) is -1.89. The summed E-state index contributed by atoms with van der Waals surface area (Å²) in [7, 11) is 0. The Bertz CT molecular complexity index is 440. The smallest absolute Gasteiger partial charge is 0.306 e. The van der Waals surface area contributed by atoms with Crippen LogP contribution in [0.5, 0.6) is 0 Å². The van der Waals surface area contributed by atoms with Gasteiger partial charge in [0.05, 0.1) is 5.92 Å². The fourth-order valence-electron chi connectivity index (χ4n) is 2.47. The van der Waals surface area contributed by atoms with Crippen molar-refractivity contribution in [3.05, 3.63) is 0 Å². The third-order valence-corrected chi connectivity index (χ3v) is 4.06. The van der Waals surface area contributed by atoms with Crippen LogP contribution in [-0.2, 0) is 19.2 Å². The van der Waals surface area contributed by atoms with Gasteiger partial charge in [0.2, 0.25) is 17.7 Å². The first-order valence-corrected chi connectivity index (χ1v) is 6.74. The van der Waals surface area contributed by atoms with Gasteiger partial charge in [-0.1, -0.05) is 6.92 Å². The summed E-state index contributed by atoms with van der Waals surface area (Å²) >= 11 is 0. The number of likely N-dealkylation sites (tertiary alicyclic amines) is 2. The number of carboxylic acids is 1. The molecule has 2 fully saturated rings. The lowest BCUT2D eigenvalue weighted by molar-refractivity contribution is -0.151. The van der Waals surface area contributed by atoms with E-state index in [2.05, 4.69) is 0 Å². The van der Waals surface area contributed by atoms with E-state index in [1.807, 2.05) is 0 Å². The Labute approximate surface area is 116 Å². The lowest BCUT2D eigenvalue weighted by Crippen LogP contribution is -2.54. The molecular formula is C13H18N2O5. The van der Waals surface area contributed by atoms with Crippen molar-refractivity contribution in [1.29, 1.82) is 0 Å². The maximum absolute atomic E-state index is 11.9. The fourth-order valence-corrected chi connectivity index (χ4v) is 2.47. The van der Waals surface area contributed by atoms with Crippen molar-refractivity contribution in [2.24, 2.45) is 11.8 Å². The third-order valence-electron chi connectivity index (χ3n) is 4.06. The predicted molar refractivity (Wildman–Crippen MR) is 67.4 cm³/mol. The molecule has 0 aromatic heterocycles. The molecule has 3 amide bonds. The highest BCUT2D eigenvalue weighted by Crippen LogP contribution is 2.24. The lowest BCUT2D eigenvalue weighted by atomic mass is 9.87. The molecule has 0 radical (unpaired) electrons. The molecular weight excluding hydrogens is 264 g/mol. The SMILES string of the molecule is CC(C(=O)O)C1CN(C(=O)CCN2C(=O)CCC2=O)C1. The zero-order valence-electron chi connectivity index (χ0n) is 11.4. The van der Waals surface area contributed by atoms with Gasteiger partial charge in [-0.15, -0.1) is 0 Å². The van der Waals surface area contributed by atoms with Gasteiger partial charge in [-0.05, 0) is 0 Å². The van der Waals surface area contributed by atoms with Gasteiger partial charge in [-0.2, -0.15) is 0 Å². The van der Waals surface area contributed by atoms with Crippen LogP contribution in [-0.4, -0.2) is 58.2 Å². The van der Waals surface area contributed by atoms with E-state index in [9.17, 15) is 19.2 Å². The number of amides is 3. The van der Waals surface area contributed by atoms with Crippen LogP contribution in [0, 0.1) is 11.8 Å². The van der Waals surface area contributed by atoms with Gasteiger partial charge in [-0.3, -0.25) is 24.1 Å². The largest absolute Gasteiger partial charge is 0.481 e. The molecule has 110 valence electrons. The van der Waals surface area contributed by atoms with Gasteiger partial charge in [0.25, 0.3) is 0 Å². The van der Waals surface area contributed by atoms with E-state index in [1.54, 1.807) is 11.8 Å². The number of hydrogen-bond donors (Lipinski definition) is 1. The zero-order chi connectivity index (χ0) is 14.9. The van der Waals surface area contributed by atoms with E-state index in [4.69, 9.17) is 5.11 Å². The van der Waals surface area contributed by atoms with Crippen LogP contribution >= 0.6 is 0 Å². The van der Waals surface area contributed by atoms with E-state index in [0.717, 1.165) is 4.90 Å². The van der Waals surface area contributed by atoms with Crippen LogP contribution in [0.3, 0.4) is 0 Å². The van der Waals surface area contributed by atoms with E-state index in [-0.39, 0.29) is 49.4 Å². The molecule has 0 aromatic carbocycles. The van der Waals surface area contributed by atoms with E-state index in [0.29, 0.717) is 13.1 Å². The molecule has 2 aliphatic heterocycles. The van der Waals surface area contributed by atoms with Crippen LogP contribution < -0.4 is 0 Å². The number of carbonyl (C=O) groups is 4. The van der Waals surface area contributed by atoms with Crippen molar-refractivity contribution in [2.45, 2.75) is 26.2 Å². The summed E-state index contributed by atoms with van der Waals surface area (Å²) in [5, 5.41) is 8.86. The summed E-state index contributed by atoms with van der Waals surface area (Å²) in [6.07, 6.45) is 0.579. The van der Waals surface area contributed by atoms with Crippen molar-refractivity contribution in [3.63, 3.8) is 0 Å². The van der Waals surface area contributed by atoms with Crippen molar-refractivity contribution in [3.8, 4) is 0 Å². The first kappa shape index (κ1) is 14.5. The number of carbonyl (C=O) groups excluding carboxylic acids is 3. The quantitative estimate of drug-likeness (QED) is 0.699. The molecule has 0 bridgehead atoms. The average Bonchev–Trinajstić information content (AvgIpc) is 2.64. The Morgan fingerprint density at radius 3 is 2.30 bits per heavy atom. The van der Waals surface area contributed by atoms with Crippen molar-refractivity contribution < 1.29 is 24.3 Å². The van der Waals surface area contributed by atoms with E-state index >= 15 is 0 Å². The molecule has 7 heteroatoms. The summed E-state index contributed by atoms with van der Waals surface area (Å²) in [6, 6.07) is 0. The monoisotopic (exact) mass is 282 g/mol. The van der Waals surface area contributed by atoms with E-state index in [1.165, 1.54) is 0 Å². The number of imide groups is 1. The van der Waals surface area contributed by atoms with Gasteiger partial charge in [0, 0.05) is 44.8 Å². The highest BCUT2D eigenvalue weighted by molar-refractivity contribution is 6.02. The van der Waals surface area contributed by atoms with Crippen LogP contribution in [0.4, 0.5) is 0 Å². The minimum atomic E-state index is -0.852. The maximum Gasteiger partial charge on any atom is 0.306 e. The van der Waals surface area contributed by atoms with Gasteiger partial charge < -0.3 is 10.0 Å². The van der Waals surface area contributed by atoms with Crippen LogP contribution in [0.2, 0.25) is 0 Å². The van der Waals surface area contributed by atoms with Crippen LogP contribution in [0.25, 0.3) is 0 Å². The second-order valence-corrected chi connectivity index (χ2v) is 5.37. The second kappa shape index (κ2) is 5.60. The summed E-state index contributed by atoms with van der Waals surface area (Å²) in [6.45, 7) is 2.64. The molecule has 1 atom stereocenters. The topological polar surface area (TPSA) is 95.0 Å². The molecule has 7 nitrogen and oxygen atoms in total. The predicted octanol–water partition coefficient (Wildman–Crippen LogP) is -0.295. The Kier molecular flexibility index (Phi) is 4.06. The Balaban J connectivity index is 1.74. The molecule has 0 saturated carbocycles. The minimum Gasteiger partial charge on any atom is -0.481 e. The van der Waals surface area contributed by atoms with Crippen LogP contribution in [0.1, 0.15) is 26.2 Å². The second-order valence-electron chi connectivity index (χ2n) is 5.37.